The third-order valence-electron chi connectivity index (χ3n) is 2.97. The second-order valence-corrected chi connectivity index (χ2v) is 4.48. The Labute approximate surface area is 113 Å². The molecule has 0 unspecified atom stereocenters. The predicted molar refractivity (Wildman–Crippen MR) is 78.9 cm³/mol. The summed E-state index contributed by atoms with van der Waals surface area (Å²) in [5, 5.41) is 15.6. The van der Waals surface area contributed by atoms with Crippen molar-refractivity contribution in [3.8, 4) is 0 Å². The van der Waals surface area contributed by atoms with E-state index in [1.807, 2.05) is 18.2 Å². The number of aliphatic imine (C=N–C) groups is 1. The number of guanidine groups is 1. The maximum atomic E-state index is 11.7. The van der Waals surface area contributed by atoms with Gasteiger partial charge < -0.3 is 21.4 Å². The number of rotatable bonds is 6. The normalized spacial score (nSPS) is 15.9. The number of nitrogens with zero attached hydrogens (tertiary/aromatic N) is 2. The molecule has 2 rings (SSSR count). The van der Waals surface area contributed by atoms with Crippen LogP contribution in [0.25, 0.3) is 0 Å². The Morgan fingerprint density at radius 3 is 2.79 bits per heavy atom. The van der Waals surface area contributed by atoms with E-state index in [1.54, 1.807) is 6.07 Å². The molecule has 0 saturated carbocycles. The molecule has 6 nitrogen and oxygen atoms in total. The molecular formula is C13H20N5O-. The van der Waals surface area contributed by atoms with Crippen LogP contribution in [0, 0.1) is 5.21 Å². The highest BCUT2D eigenvalue weighted by Gasteiger charge is 2.12. The molecule has 1 aromatic rings. The lowest BCUT2D eigenvalue weighted by Crippen LogP contribution is -2.46. The van der Waals surface area contributed by atoms with Crippen molar-refractivity contribution in [2.45, 2.75) is 25.7 Å². The van der Waals surface area contributed by atoms with Crippen molar-refractivity contribution in [1.29, 1.82) is 0 Å². The van der Waals surface area contributed by atoms with Crippen LogP contribution < -0.4 is 21.6 Å². The topological polar surface area (TPSA) is 88.7 Å². The summed E-state index contributed by atoms with van der Waals surface area (Å²) in [6.45, 7) is 1.45. The maximum Gasteiger partial charge on any atom is 0.214 e. The zero-order valence-electron chi connectivity index (χ0n) is 10.9. The van der Waals surface area contributed by atoms with E-state index < -0.39 is 0 Å². The molecule has 4 N–H and O–H groups in total. The first kappa shape index (κ1) is 13.6. The Bertz CT molecular complexity index is 435. The van der Waals surface area contributed by atoms with Gasteiger partial charge in [-0.25, -0.2) is 0 Å². The molecule has 0 aliphatic carbocycles. The van der Waals surface area contributed by atoms with Crippen molar-refractivity contribution in [3.05, 3.63) is 29.5 Å². The summed E-state index contributed by atoms with van der Waals surface area (Å²) in [5.74, 6) is 0.507. The van der Waals surface area contributed by atoms with Gasteiger partial charge in [0.15, 0.2) is 0 Å². The van der Waals surface area contributed by atoms with E-state index in [2.05, 4.69) is 15.7 Å². The summed E-state index contributed by atoms with van der Waals surface area (Å²) in [4.78, 5) is 4.35. The van der Waals surface area contributed by atoms with Crippen LogP contribution in [0.1, 0.15) is 25.7 Å². The number of hydrogen-bond donors (Lipinski definition) is 3. The third-order valence-corrected chi connectivity index (χ3v) is 2.97. The van der Waals surface area contributed by atoms with Gasteiger partial charge in [-0.2, -0.15) is 0 Å². The zero-order chi connectivity index (χ0) is 13.5. The van der Waals surface area contributed by atoms with Crippen LogP contribution in [0.5, 0.6) is 0 Å². The molecule has 0 fully saturated rings. The van der Waals surface area contributed by atoms with Crippen molar-refractivity contribution < 1.29 is 0 Å². The largest absolute Gasteiger partial charge is 0.739 e. The van der Waals surface area contributed by atoms with Gasteiger partial charge in [0.1, 0.15) is 0 Å². The van der Waals surface area contributed by atoms with Crippen molar-refractivity contribution in [3.63, 3.8) is 0 Å². The summed E-state index contributed by atoms with van der Waals surface area (Å²) in [6, 6.07) is 7.33. The van der Waals surface area contributed by atoms with Gasteiger partial charge in [0.25, 0.3) is 0 Å². The van der Waals surface area contributed by atoms with Gasteiger partial charge in [-0.05, 0) is 31.5 Å². The van der Waals surface area contributed by atoms with E-state index in [9.17, 15) is 5.21 Å². The molecule has 0 aromatic heterocycles. The van der Waals surface area contributed by atoms with E-state index in [1.165, 1.54) is 0 Å². The molecular weight excluding hydrogens is 242 g/mol. The first-order valence-electron chi connectivity index (χ1n) is 6.66. The first-order valence-corrected chi connectivity index (χ1v) is 6.66. The molecule has 0 amide bonds. The smallest absolute Gasteiger partial charge is 0.214 e. The van der Waals surface area contributed by atoms with Gasteiger partial charge >= 0.3 is 0 Å². The maximum absolute atomic E-state index is 11.7. The number of anilines is 2. The number of para-hydroxylation sites is 2. The fourth-order valence-corrected chi connectivity index (χ4v) is 1.94. The molecule has 1 aliphatic rings. The molecule has 0 atom stereocenters. The lowest BCUT2D eigenvalue weighted by Gasteiger charge is -2.38. The minimum absolute atomic E-state index is 0.507. The van der Waals surface area contributed by atoms with E-state index in [0.717, 1.165) is 43.1 Å². The number of hydrogen-bond acceptors (Lipinski definition) is 4. The second-order valence-electron chi connectivity index (χ2n) is 4.48. The van der Waals surface area contributed by atoms with Gasteiger partial charge in [-0.1, -0.05) is 25.0 Å². The highest BCUT2D eigenvalue weighted by Crippen LogP contribution is 2.26. The summed E-state index contributed by atoms with van der Waals surface area (Å²) < 4.78 is 0. The highest BCUT2D eigenvalue weighted by atomic mass is 16.5. The van der Waals surface area contributed by atoms with Crippen LogP contribution in [0.15, 0.2) is 29.3 Å². The lowest BCUT2D eigenvalue weighted by atomic mass is 10.2. The Balaban J connectivity index is 1.83. The van der Waals surface area contributed by atoms with Crippen LogP contribution in [-0.2, 0) is 0 Å². The molecule has 0 spiro atoms. The monoisotopic (exact) mass is 262 g/mol. The van der Waals surface area contributed by atoms with Crippen LogP contribution in [0.4, 0.5) is 11.4 Å². The summed E-state index contributed by atoms with van der Waals surface area (Å²) in [6.07, 6.45) is 4.33. The van der Waals surface area contributed by atoms with Crippen LogP contribution in [0.2, 0.25) is 0 Å². The van der Waals surface area contributed by atoms with E-state index in [4.69, 9.17) is 5.73 Å². The zero-order valence-corrected chi connectivity index (χ0v) is 10.9. The Kier molecular flexibility index (Phi) is 5.00. The molecule has 0 radical (unpaired) electrons. The third kappa shape index (κ3) is 3.84. The molecule has 1 heterocycles. The molecule has 1 aromatic carbocycles. The fourth-order valence-electron chi connectivity index (χ4n) is 1.94. The Hall–Kier alpha value is -1.79. The second kappa shape index (κ2) is 6.96. The molecule has 1 aliphatic heterocycles. The molecule has 0 bridgehead atoms. The van der Waals surface area contributed by atoms with Gasteiger partial charge in [0.2, 0.25) is 5.96 Å². The Morgan fingerprint density at radius 1 is 1.16 bits per heavy atom. The van der Waals surface area contributed by atoms with E-state index in [0.29, 0.717) is 18.2 Å². The van der Waals surface area contributed by atoms with E-state index >= 15 is 0 Å². The first-order chi connectivity index (χ1) is 9.31. The SMILES string of the molecule is NCCCCCCN=C1Nc2ccccc2N([O-])N1. The predicted octanol–water partition coefficient (Wildman–Crippen LogP) is 1.80. The number of unbranched alkanes of at least 4 members (excludes halogenated alkanes) is 3. The van der Waals surface area contributed by atoms with E-state index in [-0.39, 0.29) is 0 Å². The van der Waals surface area contributed by atoms with Crippen molar-refractivity contribution in [2.75, 3.05) is 23.6 Å². The lowest BCUT2D eigenvalue weighted by molar-refractivity contribution is 0.652. The summed E-state index contributed by atoms with van der Waals surface area (Å²) in [5.41, 5.74) is 9.45. The number of nitrogens with two attached hydrogens (primary N) is 1. The van der Waals surface area contributed by atoms with Gasteiger partial charge in [-0.3, -0.25) is 10.4 Å². The summed E-state index contributed by atoms with van der Waals surface area (Å²) in [7, 11) is 0. The minimum Gasteiger partial charge on any atom is -0.739 e. The van der Waals surface area contributed by atoms with Crippen molar-refractivity contribution >= 4 is 17.3 Å². The standard InChI is InChI=1S/C13H20N5O/c14-9-5-1-2-6-10-15-13-16-11-7-3-4-8-12(11)18(19)17-13/h3-4,7-8H,1-2,5-6,9-10,14H2,(H2,15,16,17)/q-1. The van der Waals surface area contributed by atoms with Crippen molar-refractivity contribution in [2.24, 2.45) is 10.7 Å². The molecule has 0 saturated heterocycles. The quantitative estimate of drug-likeness (QED) is 0.680. The fraction of sp³-hybridized carbons (Fsp3) is 0.462. The number of benzene rings is 1. The van der Waals surface area contributed by atoms with Crippen molar-refractivity contribution in [1.82, 2.24) is 5.43 Å². The van der Waals surface area contributed by atoms with Crippen LogP contribution in [-0.4, -0.2) is 19.0 Å². The van der Waals surface area contributed by atoms with Crippen LogP contribution in [0.3, 0.4) is 0 Å². The minimum atomic E-state index is 0.507. The Morgan fingerprint density at radius 2 is 1.95 bits per heavy atom. The van der Waals surface area contributed by atoms with Gasteiger partial charge in [0, 0.05) is 6.54 Å². The number of hydrazine groups is 1. The molecule has 104 valence electrons. The molecule has 19 heavy (non-hydrogen) atoms. The van der Waals surface area contributed by atoms with Gasteiger partial charge in [0.05, 0.1) is 11.4 Å². The number of nitrogens with one attached hydrogen (secondary N) is 2. The average molecular weight is 262 g/mol. The summed E-state index contributed by atoms with van der Waals surface area (Å²) >= 11 is 0. The van der Waals surface area contributed by atoms with Gasteiger partial charge in [-0.15, -0.1) is 0 Å². The van der Waals surface area contributed by atoms with Crippen LogP contribution >= 0.6 is 0 Å². The number of fused-ring (bicyclic) bond motifs is 1. The highest BCUT2D eigenvalue weighted by molar-refractivity contribution is 6.00. The average Bonchev–Trinajstić information content (AvgIpc) is 2.43. The molecule has 6 heteroatoms.